The van der Waals surface area contributed by atoms with Crippen LogP contribution in [-0.4, -0.2) is 12.1 Å². The van der Waals surface area contributed by atoms with Crippen LogP contribution in [0.5, 0.6) is 0 Å². The largest absolute Gasteiger partial charge is 0.310 e. The van der Waals surface area contributed by atoms with Gasteiger partial charge in [-0.05, 0) is 13.3 Å². The van der Waals surface area contributed by atoms with E-state index in [0.29, 0.717) is 24.2 Å². The van der Waals surface area contributed by atoms with Gasteiger partial charge < -0.3 is 5.32 Å². The van der Waals surface area contributed by atoms with Gasteiger partial charge in [0.05, 0.1) is 11.6 Å². The van der Waals surface area contributed by atoms with Crippen LogP contribution in [0, 0.1) is 11.3 Å². The SMILES string of the molecule is C/C=N\C(NC(=O)CC)=C(\C#N)CC. The third-order valence-electron chi connectivity index (χ3n) is 1.61. The van der Waals surface area contributed by atoms with Gasteiger partial charge in [0.1, 0.15) is 5.82 Å². The molecule has 0 aliphatic rings. The lowest BCUT2D eigenvalue weighted by molar-refractivity contribution is -0.120. The Morgan fingerprint density at radius 2 is 2.14 bits per heavy atom. The number of allylic oxidation sites excluding steroid dienone is 1. The Balaban J connectivity index is 4.85. The Morgan fingerprint density at radius 3 is 2.50 bits per heavy atom. The monoisotopic (exact) mass is 193 g/mol. The van der Waals surface area contributed by atoms with Gasteiger partial charge >= 0.3 is 0 Å². The van der Waals surface area contributed by atoms with E-state index in [2.05, 4.69) is 10.3 Å². The van der Waals surface area contributed by atoms with E-state index in [9.17, 15) is 4.79 Å². The summed E-state index contributed by atoms with van der Waals surface area (Å²) in [5.74, 6) is 0.233. The van der Waals surface area contributed by atoms with Crippen molar-refractivity contribution >= 4 is 12.1 Å². The summed E-state index contributed by atoms with van der Waals surface area (Å²) in [6.45, 7) is 5.34. The first-order valence-corrected chi connectivity index (χ1v) is 4.61. The van der Waals surface area contributed by atoms with Crippen LogP contribution in [0.1, 0.15) is 33.6 Å². The molecule has 0 saturated carbocycles. The van der Waals surface area contributed by atoms with E-state index in [4.69, 9.17) is 5.26 Å². The zero-order valence-corrected chi connectivity index (χ0v) is 8.79. The first kappa shape index (κ1) is 12.4. The molecule has 0 unspecified atom stereocenters. The molecule has 0 spiro atoms. The molecule has 0 aromatic heterocycles. The quantitative estimate of drug-likeness (QED) is 0.546. The first-order chi connectivity index (χ1) is 6.69. The van der Waals surface area contributed by atoms with E-state index in [-0.39, 0.29) is 5.91 Å². The van der Waals surface area contributed by atoms with E-state index in [0.717, 1.165) is 0 Å². The highest BCUT2D eigenvalue weighted by Crippen LogP contribution is 2.06. The molecule has 0 bridgehead atoms. The molecule has 4 heteroatoms. The first-order valence-electron chi connectivity index (χ1n) is 4.61. The molecule has 0 fully saturated rings. The third kappa shape index (κ3) is 3.85. The standard InChI is InChI=1S/C10H15N3O/c1-4-8(7-11)10(12-6-3)13-9(14)5-2/h6H,4-5H2,1-3H3,(H,13,14)/b10-8-,12-6-. The van der Waals surface area contributed by atoms with Crippen molar-refractivity contribution in [2.75, 3.05) is 0 Å². The third-order valence-corrected chi connectivity index (χ3v) is 1.61. The second-order valence-corrected chi connectivity index (χ2v) is 2.58. The average Bonchev–Trinajstić information content (AvgIpc) is 2.19. The Morgan fingerprint density at radius 1 is 1.50 bits per heavy atom. The van der Waals surface area contributed by atoms with Gasteiger partial charge in [0.15, 0.2) is 0 Å². The fourth-order valence-electron chi connectivity index (χ4n) is 0.835. The van der Waals surface area contributed by atoms with Crippen molar-refractivity contribution in [1.82, 2.24) is 5.32 Å². The van der Waals surface area contributed by atoms with Gasteiger partial charge in [-0.25, -0.2) is 4.99 Å². The van der Waals surface area contributed by atoms with Crippen LogP contribution < -0.4 is 5.32 Å². The number of nitriles is 1. The summed E-state index contributed by atoms with van der Waals surface area (Å²) in [7, 11) is 0. The lowest BCUT2D eigenvalue weighted by Gasteiger charge is -2.05. The molecule has 0 aromatic carbocycles. The molecule has 0 aliphatic carbocycles. The van der Waals surface area contributed by atoms with Crippen LogP contribution in [0.25, 0.3) is 0 Å². The van der Waals surface area contributed by atoms with E-state index in [1.54, 1.807) is 20.1 Å². The van der Waals surface area contributed by atoms with E-state index in [1.807, 2.05) is 13.0 Å². The van der Waals surface area contributed by atoms with Gasteiger partial charge in [0.2, 0.25) is 5.91 Å². The zero-order valence-electron chi connectivity index (χ0n) is 8.79. The zero-order chi connectivity index (χ0) is 11.0. The maximum atomic E-state index is 11.1. The molecule has 0 radical (unpaired) electrons. The number of nitrogens with one attached hydrogen (secondary N) is 1. The van der Waals surface area contributed by atoms with Gasteiger partial charge in [0, 0.05) is 12.6 Å². The minimum Gasteiger partial charge on any atom is -0.310 e. The minimum atomic E-state index is -0.133. The summed E-state index contributed by atoms with van der Waals surface area (Å²) >= 11 is 0. The number of hydrogen-bond donors (Lipinski definition) is 1. The predicted octanol–water partition coefficient (Wildman–Crippen LogP) is 1.75. The summed E-state index contributed by atoms with van der Waals surface area (Å²) in [6.07, 6.45) is 2.50. The number of hydrogen-bond acceptors (Lipinski definition) is 3. The van der Waals surface area contributed by atoms with Crippen molar-refractivity contribution in [1.29, 1.82) is 5.26 Å². The molecule has 4 nitrogen and oxygen atoms in total. The van der Waals surface area contributed by atoms with E-state index < -0.39 is 0 Å². The summed E-state index contributed by atoms with van der Waals surface area (Å²) in [4.78, 5) is 15.1. The van der Waals surface area contributed by atoms with Crippen molar-refractivity contribution in [2.45, 2.75) is 33.6 Å². The maximum absolute atomic E-state index is 11.1. The number of amides is 1. The Kier molecular flexibility index (Phi) is 6.04. The highest BCUT2D eigenvalue weighted by Gasteiger charge is 2.05. The number of nitrogens with zero attached hydrogens (tertiary/aromatic N) is 2. The highest BCUT2D eigenvalue weighted by atomic mass is 16.1. The molecule has 1 N–H and O–H groups in total. The second-order valence-electron chi connectivity index (χ2n) is 2.58. The summed E-state index contributed by atoms with van der Waals surface area (Å²) in [5.41, 5.74) is 0.491. The average molecular weight is 193 g/mol. The fourth-order valence-corrected chi connectivity index (χ4v) is 0.835. The van der Waals surface area contributed by atoms with Crippen LogP contribution >= 0.6 is 0 Å². The molecule has 14 heavy (non-hydrogen) atoms. The van der Waals surface area contributed by atoms with Crippen molar-refractivity contribution in [3.8, 4) is 6.07 Å². The predicted molar refractivity (Wildman–Crippen MR) is 55.5 cm³/mol. The minimum absolute atomic E-state index is 0.133. The van der Waals surface area contributed by atoms with Crippen LogP contribution in [0.4, 0.5) is 0 Å². The molecule has 0 atom stereocenters. The van der Waals surface area contributed by atoms with Gasteiger partial charge in [-0.15, -0.1) is 0 Å². The number of carbonyl (C=O) groups is 1. The Hall–Kier alpha value is -1.63. The molecular weight excluding hydrogens is 178 g/mol. The number of rotatable bonds is 4. The molecule has 0 heterocycles. The molecule has 0 aliphatic heterocycles. The Labute approximate surface area is 84.3 Å². The highest BCUT2D eigenvalue weighted by molar-refractivity contribution is 5.78. The van der Waals surface area contributed by atoms with Crippen molar-refractivity contribution in [3.63, 3.8) is 0 Å². The maximum Gasteiger partial charge on any atom is 0.225 e. The lowest BCUT2D eigenvalue weighted by atomic mass is 10.2. The van der Waals surface area contributed by atoms with Gasteiger partial charge in [-0.3, -0.25) is 4.79 Å². The van der Waals surface area contributed by atoms with Gasteiger partial charge in [-0.1, -0.05) is 13.8 Å². The number of carbonyl (C=O) groups excluding carboxylic acids is 1. The molecule has 0 saturated heterocycles. The van der Waals surface area contributed by atoms with Crippen molar-refractivity contribution in [2.24, 2.45) is 4.99 Å². The smallest absolute Gasteiger partial charge is 0.225 e. The normalized spacial score (nSPS) is 12.1. The summed E-state index contributed by atoms with van der Waals surface area (Å²) in [6, 6.07) is 2.02. The molecule has 0 aromatic rings. The molecule has 76 valence electrons. The Bertz CT molecular complexity index is 297. The topological polar surface area (TPSA) is 65.2 Å². The van der Waals surface area contributed by atoms with Gasteiger partial charge in [-0.2, -0.15) is 5.26 Å². The van der Waals surface area contributed by atoms with Crippen LogP contribution in [0.2, 0.25) is 0 Å². The van der Waals surface area contributed by atoms with Gasteiger partial charge in [0.25, 0.3) is 0 Å². The van der Waals surface area contributed by atoms with Crippen LogP contribution in [0.15, 0.2) is 16.4 Å². The van der Waals surface area contributed by atoms with Crippen molar-refractivity contribution < 1.29 is 4.79 Å². The van der Waals surface area contributed by atoms with Crippen molar-refractivity contribution in [3.05, 3.63) is 11.4 Å². The van der Waals surface area contributed by atoms with E-state index >= 15 is 0 Å². The second kappa shape index (κ2) is 6.84. The van der Waals surface area contributed by atoms with E-state index in [1.165, 1.54) is 0 Å². The molecule has 1 amide bonds. The van der Waals surface area contributed by atoms with Crippen LogP contribution in [0.3, 0.4) is 0 Å². The molecule has 0 rings (SSSR count). The lowest BCUT2D eigenvalue weighted by Crippen LogP contribution is -2.21. The summed E-state index contributed by atoms with van der Waals surface area (Å²) < 4.78 is 0. The number of aliphatic imine (C=N–C) groups is 1. The fraction of sp³-hybridized carbons (Fsp3) is 0.500. The molecular formula is C10H15N3O. The summed E-state index contributed by atoms with van der Waals surface area (Å²) in [5, 5.41) is 11.4. The van der Waals surface area contributed by atoms with Crippen LogP contribution in [-0.2, 0) is 4.79 Å².